The molecule has 1 saturated carbocycles. The highest BCUT2D eigenvalue weighted by Crippen LogP contribution is 2.32. The summed E-state index contributed by atoms with van der Waals surface area (Å²) in [4.78, 5) is 27.3. The molecule has 0 bridgehead atoms. The monoisotopic (exact) mass is 390 g/mol. The van der Waals surface area contributed by atoms with Crippen LogP contribution in [0.1, 0.15) is 63.9 Å². The summed E-state index contributed by atoms with van der Waals surface area (Å²) < 4.78 is 0. The predicted octanol–water partition coefficient (Wildman–Crippen LogP) is 4.38. The molecule has 1 aromatic rings. The lowest BCUT2D eigenvalue weighted by atomic mass is 9.88. The SMILES string of the molecule is CC[C@H](C)[C@@H](NC(=O)CC1CC1)C(=O)N1CCC(c2ccc(Cl)cc2)CC1. The maximum Gasteiger partial charge on any atom is 0.245 e. The van der Waals surface area contributed by atoms with Gasteiger partial charge < -0.3 is 10.2 Å². The van der Waals surface area contributed by atoms with Gasteiger partial charge in [-0.05, 0) is 61.1 Å². The molecule has 148 valence electrons. The number of likely N-dealkylation sites (tertiary alicyclic amines) is 1. The molecule has 1 N–H and O–H groups in total. The van der Waals surface area contributed by atoms with E-state index in [1.54, 1.807) is 0 Å². The zero-order valence-electron chi connectivity index (χ0n) is 16.4. The Bertz CT molecular complexity index is 649. The molecule has 1 heterocycles. The van der Waals surface area contributed by atoms with Crippen LogP contribution in [0.3, 0.4) is 0 Å². The zero-order valence-corrected chi connectivity index (χ0v) is 17.2. The highest BCUT2D eigenvalue weighted by atomic mass is 35.5. The van der Waals surface area contributed by atoms with E-state index in [1.807, 2.05) is 17.0 Å². The number of benzene rings is 1. The number of rotatable bonds is 7. The summed E-state index contributed by atoms with van der Waals surface area (Å²) in [6.07, 6.45) is 5.65. The standard InChI is InChI=1S/C22H31ClN2O2/c1-3-15(2)21(24-20(26)14-16-4-5-16)22(27)25-12-10-18(11-13-25)17-6-8-19(23)9-7-17/h6-9,15-16,18,21H,3-5,10-14H2,1-2H3,(H,24,26)/t15-,21+/m0/s1. The van der Waals surface area contributed by atoms with Crippen LogP contribution in [0.4, 0.5) is 0 Å². The van der Waals surface area contributed by atoms with Crippen molar-refractivity contribution in [3.05, 3.63) is 34.9 Å². The smallest absolute Gasteiger partial charge is 0.245 e. The Kier molecular flexibility index (Phi) is 6.80. The minimum atomic E-state index is -0.395. The maximum atomic E-state index is 13.1. The second kappa shape index (κ2) is 9.09. The largest absolute Gasteiger partial charge is 0.344 e. The van der Waals surface area contributed by atoms with E-state index in [4.69, 9.17) is 11.6 Å². The van der Waals surface area contributed by atoms with Gasteiger partial charge in [-0.1, -0.05) is 44.0 Å². The van der Waals surface area contributed by atoms with Crippen LogP contribution in [0.2, 0.25) is 5.02 Å². The minimum absolute atomic E-state index is 0.0344. The normalized spacial score (nSPS) is 20.2. The Labute approximate surface area is 167 Å². The van der Waals surface area contributed by atoms with E-state index >= 15 is 0 Å². The molecule has 3 rings (SSSR count). The lowest BCUT2D eigenvalue weighted by molar-refractivity contribution is -0.139. The zero-order chi connectivity index (χ0) is 19.4. The van der Waals surface area contributed by atoms with Gasteiger partial charge in [0.25, 0.3) is 0 Å². The Morgan fingerprint density at radius 2 is 1.78 bits per heavy atom. The topological polar surface area (TPSA) is 49.4 Å². The summed E-state index contributed by atoms with van der Waals surface area (Å²) in [6, 6.07) is 7.65. The van der Waals surface area contributed by atoms with E-state index in [0.717, 1.165) is 50.2 Å². The van der Waals surface area contributed by atoms with Crippen molar-refractivity contribution >= 4 is 23.4 Å². The predicted molar refractivity (Wildman–Crippen MR) is 109 cm³/mol. The van der Waals surface area contributed by atoms with Gasteiger partial charge >= 0.3 is 0 Å². The first-order valence-electron chi connectivity index (χ1n) is 10.3. The fourth-order valence-electron chi connectivity index (χ4n) is 3.86. The Balaban J connectivity index is 1.57. The first-order chi connectivity index (χ1) is 13.0. The molecule has 2 amide bonds. The van der Waals surface area contributed by atoms with Crippen LogP contribution in [0.5, 0.6) is 0 Å². The molecule has 1 aliphatic heterocycles. The highest BCUT2D eigenvalue weighted by Gasteiger charge is 2.33. The van der Waals surface area contributed by atoms with Crippen molar-refractivity contribution in [2.45, 2.75) is 64.3 Å². The van der Waals surface area contributed by atoms with Crippen LogP contribution in [0.15, 0.2) is 24.3 Å². The minimum Gasteiger partial charge on any atom is -0.344 e. The van der Waals surface area contributed by atoms with Crippen molar-refractivity contribution in [2.75, 3.05) is 13.1 Å². The maximum absolute atomic E-state index is 13.1. The second-order valence-electron chi connectivity index (χ2n) is 8.23. The van der Waals surface area contributed by atoms with Gasteiger partial charge in [0.05, 0.1) is 0 Å². The van der Waals surface area contributed by atoms with Gasteiger partial charge in [0.1, 0.15) is 6.04 Å². The van der Waals surface area contributed by atoms with Crippen molar-refractivity contribution in [1.82, 2.24) is 10.2 Å². The number of amides is 2. The number of hydrogen-bond donors (Lipinski definition) is 1. The van der Waals surface area contributed by atoms with E-state index in [-0.39, 0.29) is 17.7 Å². The Morgan fingerprint density at radius 3 is 2.33 bits per heavy atom. The number of nitrogens with zero attached hydrogens (tertiary/aromatic N) is 1. The molecule has 0 spiro atoms. The third-order valence-electron chi connectivity index (χ3n) is 6.11. The summed E-state index contributed by atoms with van der Waals surface area (Å²) in [6.45, 7) is 5.63. The first-order valence-corrected chi connectivity index (χ1v) is 10.7. The van der Waals surface area contributed by atoms with Crippen molar-refractivity contribution in [2.24, 2.45) is 11.8 Å². The van der Waals surface area contributed by atoms with Crippen LogP contribution in [0.25, 0.3) is 0 Å². The number of carbonyl (C=O) groups is 2. The molecule has 2 fully saturated rings. The van der Waals surface area contributed by atoms with Gasteiger partial charge in [0.2, 0.25) is 11.8 Å². The molecule has 27 heavy (non-hydrogen) atoms. The first kappa shape index (κ1) is 20.2. The third kappa shape index (κ3) is 5.47. The van der Waals surface area contributed by atoms with Crippen molar-refractivity contribution in [3.8, 4) is 0 Å². The van der Waals surface area contributed by atoms with Crippen LogP contribution in [-0.4, -0.2) is 35.8 Å². The van der Waals surface area contributed by atoms with Gasteiger partial charge in [-0.3, -0.25) is 9.59 Å². The van der Waals surface area contributed by atoms with E-state index < -0.39 is 6.04 Å². The molecule has 1 aromatic carbocycles. The highest BCUT2D eigenvalue weighted by molar-refractivity contribution is 6.30. The summed E-state index contributed by atoms with van der Waals surface area (Å²) in [7, 11) is 0. The van der Waals surface area contributed by atoms with E-state index in [1.165, 1.54) is 5.56 Å². The molecule has 0 aromatic heterocycles. The number of halogens is 1. The molecule has 0 radical (unpaired) electrons. The van der Waals surface area contributed by atoms with Crippen molar-refractivity contribution < 1.29 is 9.59 Å². The summed E-state index contributed by atoms with van der Waals surface area (Å²) >= 11 is 5.98. The second-order valence-corrected chi connectivity index (χ2v) is 8.67. The molecule has 0 unspecified atom stereocenters. The molecule has 5 heteroatoms. The molecule has 4 nitrogen and oxygen atoms in total. The number of nitrogens with one attached hydrogen (secondary N) is 1. The lowest BCUT2D eigenvalue weighted by Crippen LogP contribution is -2.53. The molecular weight excluding hydrogens is 360 g/mol. The number of piperidine rings is 1. The van der Waals surface area contributed by atoms with Crippen LogP contribution >= 0.6 is 11.6 Å². The molecule has 1 saturated heterocycles. The Hall–Kier alpha value is -1.55. The van der Waals surface area contributed by atoms with Crippen molar-refractivity contribution in [3.63, 3.8) is 0 Å². The summed E-state index contributed by atoms with van der Waals surface area (Å²) in [5.74, 6) is 1.27. The van der Waals surface area contributed by atoms with Gasteiger partial charge in [0, 0.05) is 24.5 Å². The number of carbonyl (C=O) groups excluding carboxylic acids is 2. The average molecular weight is 391 g/mol. The fourth-order valence-corrected chi connectivity index (χ4v) is 3.99. The summed E-state index contributed by atoms with van der Waals surface area (Å²) in [5.41, 5.74) is 1.29. The fraction of sp³-hybridized carbons (Fsp3) is 0.636. The van der Waals surface area contributed by atoms with Gasteiger partial charge in [-0.25, -0.2) is 0 Å². The van der Waals surface area contributed by atoms with Crippen LogP contribution in [0, 0.1) is 11.8 Å². The van der Waals surface area contributed by atoms with Crippen LogP contribution in [-0.2, 0) is 9.59 Å². The average Bonchev–Trinajstić information content (AvgIpc) is 3.49. The quantitative estimate of drug-likeness (QED) is 0.751. The van der Waals surface area contributed by atoms with E-state index in [9.17, 15) is 9.59 Å². The third-order valence-corrected chi connectivity index (χ3v) is 6.37. The van der Waals surface area contributed by atoms with Crippen LogP contribution < -0.4 is 5.32 Å². The molecule has 1 aliphatic carbocycles. The Morgan fingerprint density at radius 1 is 1.15 bits per heavy atom. The van der Waals surface area contributed by atoms with Gasteiger partial charge in [-0.2, -0.15) is 0 Å². The van der Waals surface area contributed by atoms with Gasteiger partial charge in [-0.15, -0.1) is 0 Å². The van der Waals surface area contributed by atoms with E-state index in [0.29, 0.717) is 18.3 Å². The van der Waals surface area contributed by atoms with E-state index in [2.05, 4.69) is 31.3 Å². The summed E-state index contributed by atoms with van der Waals surface area (Å²) in [5, 5.41) is 3.79. The molecule has 2 aliphatic rings. The number of hydrogen-bond acceptors (Lipinski definition) is 2. The molecular formula is C22H31ClN2O2. The van der Waals surface area contributed by atoms with Gasteiger partial charge in [0.15, 0.2) is 0 Å². The lowest BCUT2D eigenvalue weighted by Gasteiger charge is -2.36. The van der Waals surface area contributed by atoms with Crippen molar-refractivity contribution in [1.29, 1.82) is 0 Å². The molecule has 2 atom stereocenters.